The van der Waals surface area contributed by atoms with Gasteiger partial charge in [-0.15, -0.1) is 11.8 Å². The Morgan fingerprint density at radius 2 is 1.94 bits per heavy atom. The number of hydrogen-bond acceptors (Lipinski definition) is 3. The number of ether oxygens (including phenoxy) is 1. The average Bonchev–Trinajstić information content (AvgIpc) is 2.26. The van der Waals surface area contributed by atoms with E-state index in [1.807, 2.05) is 0 Å². The Kier molecular flexibility index (Phi) is 3.88. The molecule has 90 valence electrons. The van der Waals surface area contributed by atoms with Crippen molar-refractivity contribution >= 4 is 11.8 Å². The molecule has 1 aromatic rings. The van der Waals surface area contributed by atoms with Gasteiger partial charge in [-0.05, 0) is 18.4 Å². The largest absolute Gasteiger partial charge is 0.435 e. The number of benzene rings is 1. The SMILES string of the molecule is COC(N)(c1cccc(SC)c1)C(F)(F)F. The van der Waals surface area contributed by atoms with Crippen LogP contribution in [0.25, 0.3) is 0 Å². The second-order valence-corrected chi connectivity index (χ2v) is 4.05. The number of methoxy groups -OCH3 is 1. The fourth-order valence-electron chi connectivity index (χ4n) is 1.25. The van der Waals surface area contributed by atoms with E-state index in [1.165, 1.54) is 30.0 Å². The summed E-state index contributed by atoms with van der Waals surface area (Å²) in [6.07, 6.45) is -2.88. The van der Waals surface area contributed by atoms with Crippen LogP contribution in [0.5, 0.6) is 0 Å². The van der Waals surface area contributed by atoms with Crippen LogP contribution in [0.15, 0.2) is 29.2 Å². The van der Waals surface area contributed by atoms with E-state index >= 15 is 0 Å². The summed E-state index contributed by atoms with van der Waals surface area (Å²) in [5.41, 5.74) is 2.41. The first-order valence-corrected chi connectivity index (χ1v) is 5.63. The monoisotopic (exact) mass is 251 g/mol. The fourth-order valence-corrected chi connectivity index (χ4v) is 1.71. The molecule has 0 heterocycles. The highest BCUT2D eigenvalue weighted by Crippen LogP contribution is 2.38. The van der Waals surface area contributed by atoms with Gasteiger partial charge in [0, 0.05) is 17.6 Å². The summed E-state index contributed by atoms with van der Waals surface area (Å²) in [6, 6.07) is 5.91. The standard InChI is InChI=1S/C10H12F3NOS/c1-15-9(14,10(11,12)13)7-4-3-5-8(6-7)16-2/h3-6H,14H2,1-2H3. The number of alkyl halides is 3. The highest BCUT2D eigenvalue weighted by atomic mass is 32.2. The first-order chi connectivity index (χ1) is 7.35. The molecule has 2 nitrogen and oxygen atoms in total. The lowest BCUT2D eigenvalue weighted by Gasteiger charge is -2.30. The van der Waals surface area contributed by atoms with Crippen LogP contribution >= 0.6 is 11.8 Å². The van der Waals surface area contributed by atoms with E-state index in [0.717, 1.165) is 7.11 Å². The Bertz CT molecular complexity index is 369. The van der Waals surface area contributed by atoms with Crippen molar-refractivity contribution < 1.29 is 17.9 Å². The molecular weight excluding hydrogens is 239 g/mol. The minimum absolute atomic E-state index is 0.102. The molecule has 0 radical (unpaired) electrons. The van der Waals surface area contributed by atoms with E-state index in [-0.39, 0.29) is 5.56 Å². The molecule has 1 unspecified atom stereocenters. The number of halogens is 3. The predicted molar refractivity (Wildman–Crippen MR) is 57.2 cm³/mol. The Balaban J connectivity index is 3.23. The molecule has 0 saturated heterocycles. The van der Waals surface area contributed by atoms with Crippen LogP contribution in [-0.4, -0.2) is 19.5 Å². The zero-order valence-corrected chi connectivity index (χ0v) is 9.65. The van der Waals surface area contributed by atoms with Crippen molar-refractivity contribution in [2.75, 3.05) is 13.4 Å². The number of nitrogens with two attached hydrogens (primary N) is 1. The quantitative estimate of drug-likeness (QED) is 0.662. The molecule has 0 fully saturated rings. The van der Waals surface area contributed by atoms with Gasteiger partial charge in [0.15, 0.2) is 0 Å². The molecule has 16 heavy (non-hydrogen) atoms. The lowest BCUT2D eigenvalue weighted by Crippen LogP contribution is -2.51. The summed E-state index contributed by atoms with van der Waals surface area (Å²) >= 11 is 1.34. The zero-order chi connectivity index (χ0) is 12.4. The highest BCUT2D eigenvalue weighted by molar-refractivity contribution is 7.98. The molecule has 0 amide bonds. The Labute approximate surface area is 96.0 Å². The van der Waals surface area contributed by atoms with Crippen LogP contribution < -0.4 is 5.73 Å². The summed E-state index contributed by atoms with van der Waals surface area (Å²) in [6.45, 7) is 0. The van der Waals surface area contributed by atoms with E-state index in [9.17, 15) is 13.2 Å². The van der Waals surface area contributed by atoms with Crippen LogP contribution in [0.1, 0.15) is 5.56 Å². The van der Waals surface area contributed by atoms with E-state index in [4.69, 9.17) is 5.73 Å². The van der Waals surface area contributed by atoms with E-state index in [1.54, 1.807) is 12.3 Å². The molecule has 1 atom stereocenters. The molecule has 0 aliphatic heterocycles. The van der Waals surface area contributed by atoms with Crippen molar-refractivity contribution in [3.63, 3.8) is 0 Å². The molecule has 0 aromatic heterocycles. The van der Waals surface area contributed by atoms with Crippen LogP contribution in [-0.2, 0) is 10.5 Å². The van der Waals surface area contributed by atoms with E-state index < -0.39 is 11.9 Å². The van der Waals surface area contributed by atoms with Crippen molar-refractivity contribution in [2.24, 2.45) is 5.73 Å². The third-order valence-electron chi connectivity index (χ3n) is 2.24. The molecule has 0 bridgehead atoms. The first-order valence-electron chi connectivity index (χ1n) is 4.40. The minimum Gasteiger partial charge on any atom is -0.352 e. The van der Waals surface area contributed by atoms with Gasteiger partial charge in [0.05, 0.1) is 0 Å². The predicted octanol–water partition coefficient (Wildman–Crippen LogP) is 2.73. The van der Waals surface area contributed by atoms with Crippen molar-refractivity contribution in [1.82, 2.24) is 0 Å². The Hall–Kier alpha value is -0.720. The summed E-state index contributed by atoms with van der Waals surface area (Å²) in [5, 5.41) is 0. The summed E-state index contributed by atoms with van der Waals surface area (Å²) in [7, 11) is 0.944. The molecule has 0 spiro atoms. The number of rotatable bonds is 3. The zero-order valence-electron chi connectivity index (χ0n) is 8.84. The lowest BCUT2D eigenvalue weighted by molar-refractivity contribution is -0.274. The van der Waals surface area contributed by atoms with Crippen molar-refractivity contribution in [1.29, 1.82) is 0 Å². The van der Waals surface area contributed by atoms with Crippen LogP contribution in [0.3, 0.4) is 0 Å². The molecule has 0 aliphatic carbocycles. The van der Waals surface area contributed by atoms with Gasteiger partial charge in [0.2, 0.25) is 5.72 Å². The summed E-state index contributed by atoms with van der Waals surface area (Å²) in [5.74, 6) is 0. The highest BCUT2D eigenvalue weighted by Gasteiger charge is 2.54. The van der Waals surface area contributed by atoms with Crippen molar-refractivity contribution in [3.05, 3.63) is 29.8 Å². The van der Waals surface area contributed by atoms with Crippen LogP contribution in [0.2, 0.25) is 0 Å². The average molecular weight is 251 g/mol. The Morgan fingerprint density at radius 1 is 1.31 bits per heavy atom. The van der Waals surface area contributed by atoms with Gasteiger partial charge in [-0.1, -0.05) is 12.1 Å². The smallest absolute Gasteiger partial charge is 0.352 e. The molecule has 1 rings (SSSR count). The molecule has 6 heteroatoms. The first kappa shape index (κ1) is 13.3. The number of thioether (sulfide) groups is 1. The maximum absolute atomic E-state index is 12.8. The molecule has 0 aliphatic rings. The third kappa shape index (κ3) is 2.34. The van der Waals surface area contributed by atoms with Gasteiger partial charge in [0.1, 0.15) is 0 Å². The topological polar surface area (TPSA) is 35.2 Å². The Morgan fingerprint density at radius 3 is 2.38 bits per heavy atom. The van der Waals surface area contributed by atoms with Gasteiger partial charge in [-0.25, -0.2) is 0 Å². The number of hydrogen-bond donors (Lipinski definition) is 1. The fraction of sp³-hybridized carbons (Fsp3) is 0.400. The van der Waals surface area contributed by atoms with Gasteiger partial charge >= 0.3 is 6.18 Å². The van der Waals surface area contributed by atoms with Crippen molar-refractivity contribution in [3.8, 4) is 0 Å². The van der Waals surface area contributed by atoms with Gasteiger partial charge in [0.25, 0.3) is 0 Å². The normalized spacial score (nSPS) is 15.9. The maximum Gasteiger partial charge on any atom is 0.435 e. The molecular formula is C10H12F3NOS. The summed E-state index contributed by atoms with van der Waals surface area (Å²) in [4.78, 5) is 0.702. The molecule has 2 N–H and O–H groups in total. The van der Waals surface area contributed by atoms with Gasteiger partial charge in [-0.2, -0.15) is 13.2 Å². The van der Waals surface area contributed by atoms with Crippen LogP contribution in [0.4, 0.5) is 13.2 Å². The van der Waals surface area contributed by atoms with E-state index in [2.05, 4.69) is 4.74 Å². The summed E-state index contributed by atoms with van der Waals surface area (Å²) < 4.78 is 42.7. The van der Waals surface area contributed by atoms with Crippen LogP contribution in [0, 0.1) is 0 Å². The van der Waals surface area contributed by atoms with Gasteiger partial charge in [-0.3, -0.25) is 5.73 Å². The third-order valence-corrected chi connectivity index (χ3v) is 2.97. The molecule has 1 aromatic carbocycles. The lowest BCUT2D eigenvalue weighted by atomic mass is 10.0. The maximum atomic E-state index is 12.8. The van der Waals surface area contributed by atoms with Crippen molar-refractivity contribution in [2.45, 2.75) is 16.8 Å². The van der Waals surface area contributed by atoms with Gasteiger partial charge < -0.3 is 4.74 Å². The molecule has 0 saturated carbocycles. The minimum atomic E-state index is -4.65. The van der Waals surface area contributed by atoms with E-state index in [0.29, 0.717) is 4.90 Å². The second kappa shape index (κ2) is 4.65. The second-order valence-electron chi connectivity index (χ2n) is 3.17.